The lowest BCUT2D eigenvalue weighted by molar-refractivity contribution is 0.980. The number of nitrogens with one attached hydrogen (secondary N) is 1. The van der Waals surface area contributed by atoms with Crippen LogP contribution in [0, 0.1) is 0 Å². The van der Waals surface area contributed by atoms with E-state index in [0.29, 0.717) is 5.95 Å². The maximum Gasteiger partial charge on any atom is 0.222 e. The third kappa shape index (κ3) is 3.55. The fourth-order valence-electron chi connectivity index (χ4n) is 1.65. The molecular weight excluding hydrogens is 210 g/mol. The molecule has 0 bridgehead atoms. The third-order valence-electron chi connectivity index (χ3n) is 2.69. The Balaban J connectivity index is 1.82. The van der Waals surface area contributed by atoms with E-state index >= 15 is 0 Å². The summed E-state index contributed by atoms with van der Waals surface area (Å²) in [6, 6.07) is 10.6. The van der Waals surface area contributed by atoms with Crippen molar-refractivity contribution in [2.75, 3.05) is 11.9 Å². The summed E-state index contributed by atoms with van der Waals surface area (Å²) in [7, 11) is 0. The van der Waals surface area contributed by atoms with Crippen molar-refractivity contribution in [3.8, 4) is 0 Å². The first-order chi connectivity index (χ1) is 8.38. The highest BCUT2D eigenvalue weighted by atomic mass is 15.1. The van der Waals surface area contributed by atoms with Gasteiger partial charge in [-0.05, 0) is 30.0 Å². The summed E-state index contributed by atoms with van der Waals surface area (Å²) in [5, 5.41) is 3.20. The monoisotopic (exact) mass is 227 g/mol. The van der Waals surface area contributed by atoms with E-state index in [1.165, 1.54) is 11.1 Å². The zero-order valence-electron chi connectivity index (χ0n) is 10.1. The quantitative estimate of drug-likeness (QED) is 0.853. The minimum atomic E-state index is 0.692. The lowest BCUT2D eigenvalue weighted by atomic mass is 10.1. The molecule has 1 aromatic heterocycles. The van der Waals surface area contributed by atoms with E-state index in [9.17, 15) is 0 Å². The average Bonchev–Trinajstić information content (AvgIpc) is 2.41. The highest BCUT2D eigenvalue weighted by Gasteiger charge is 1.95. The largest absolute Gasteiger partial charge is 0.354 e. The van der Waals surface area contributed by atoms with Gasteiger partial charge in [-0.15, -0.1) is 0 Å². The van der Waals surface area contributed by atoms with E-state index in [1.807, 2.05) is 6.07 Å². The average molecular weight is 227 g/mol. The van der Waals surface area contributed by atoms with E-state index in [0.717, 1.165) is 19.4 Å². The zero-order valence-corrected chi connectivity index (χ0v) is 10.1. The van der Waals surface area contributed by atoms with Crippen LogP contribution in [0.3, 0.4) is 0 Å². The fourth-order valence-corrected chi connectivity index (χ4v) is 1.65. The third-order valence-corrected chi connectivity index (χ3v) is 2.69. The molecule has 1 N–H and O–H groups in total. The molecule has 0 unspecified atom stereocenters. The Morgan fingerprint density at radius 1 is 1.00 bits per heavy atom. The summed E-state index contributed by atoms with van der Waals surface area (Å²) in [6.07, 6.45) is 5.56. The van der Waals surface area contributed by atoms with Crippen LogP contribution >= 0.6 is 0 Å². The van der Waals surface area contributed by atoms with Crippen molar-refractivity contribution in [2.24, 2.45) is 0 Å². The summed E-state index contributed by atoms with van der Waals surface area (Å²) >= 11 is 0. The minimum absolute atomic E-state index is 0.692. The Kier molecular flexibility index (Phi) is 4.08. The Hall–Kier alpha value is -1.90. The van der Waals surface area contributed by atoms with Crippen molar-refractivity contribution in [2.45, 2.75) is 19.8 Å². The molecule has 0 saturated heterocycles. The molecular formula is C14H17N3. The van der Waals surface area contributed by atoms with Crippen LogP contribution in [-0.4, -0.2) is 16.5 Å². The van der Waals surface area contributed by atoms with Crippen molar-refractivity contribution in [3.05, 3.63) is 53.9 Å². The molecule has 0 fully saturated rings. The Morgan fingerprint density at radius 3 is 2.29 bits per heavy atom. The minimum Gasteiger partial charge on any atom is -0.354 e. The maximum atomic E-state index is 4.12. The molecule has 3 nitrogen and oxygen atoms in total. The first-order valence-electron chi connectivity index (χ1n) is 5.97. The van der Waals surface area contributed by atoms with Crippen LogP contribution in [0.1, 0.15) is 18.1 Å². The maximum absolute atomic E-state index is 4.12. The van der Waals surface area contributed by atoms with Gasteiger partial charge in [-0.2, -0.15) is 0 Å². The van der Waals surface area contributed by atoms with Crippen molar-refractivity contribution in [1.29, 1.82) is 0 Å². The highest BCUT2D eigenvalue weighted by molar-refractivity contribution is 5.25. The Morgan fingerprint density at radius 2 is 1.65 bits per heavy atom. The number of aromatic nitrogens is 2. The van der Waals surface area contributed by atoms with Gasteiger partial charge in [0, 0.05) is 18.9 Å². The lowest BCUT2D eigenvalue weighted by Crippen LogP contribution is -2.07. The number of benzene rings is 1. The molecule has 0 radical (unpaired) electrons. The standard InChI is InChI=1S/C14H17N3/c1-2-12-4-6-13(7-5-12)8-11-17-14-15-9-3-10-16-14/h3-7,9-10H,2,8,11H2,1H3,(H,15,16,17). The van der Waals surface area contributed by atoms with Gasteiger partial charge in [0.25, 0.3) is 0 Å². The summed E-state index contributed by atoms with van der Waals surface area (Å²) in [6.45, 7) is 3.03. The normalized spacial score (nSPS) is 10.2. The van der Waals surface area contributed by atoms with Crippen molar-refractivity contribution in [1.82, 2.24) is 9.97 Å². The van der Waals surface area contributed by atoms with E-state index in [4.69, 9.17) is 0 Å². The van der Waals surface area contributed by atoms with E-state index in [-0.39, 0.29) is 0 Å². The molecule has 0 atom stereocenters. The van der Waals surface area contributed by atoms with Crippen LogP contribution in [0.15, 0.2) is 42.7 Å². The van der Waals surface area contributed by atoms with Crippen LogP contribution in [0.25, 0.3) is 0 Å². The van der Waals surface area contributed by atoms with Gasteiger partial charge in [0.05, 0.1) is 0 Å². The number of nitrogens with zero attached hydrogens (tertiary/aromatic N) is 2. The van der Waals surface area contributed by atoms with E-state index < -0.39 is 0 Å². The first kappa shape index (κ1) is 11.6. The molecule has 1 heterocycles. The number of rotatable bonds is 5. The SMILES string of the molecule is CCc1ccc(CCNc2ncccn2)cc1. The van der Waals surface area contributed by atoms with Crippen molar-refractivity contribution >= 4 is 5.95 Å². The second-order valence-corrected chi connectivity index (χ2v) is 3.92. The molecule has 2 aromatic rings. The van der Waals surface area contributed by atoms with Gasteiger partial charge in [-0.1, -0.05) is 31.2 Å². The molecule has 0 spiro atoms. The smallest absolute Gasteiger partial charge is 0.222 e. The van der Waals surface area contributed by atoms with Crippen LogP contribution in [0.4, 0.5) is 5.95 Å². The number of hydrogen-bond donors (Lipinski definition) is 1. The zero-order chi connectivity index (χ0) is 11.9. The molecule has 88 valence electrons. The Bertz CT molecular complexity index is 437. The molecule has 1 aromatic carbocycles. The number of hydrogen-bond acceptors (Lipinski definition) is 3. The van der Waals surface area contributed by atoms with Gasteiger partial charge in [0.2, 0.25) is 5.95 Å². The summed E-state index contributed by atoms with van der Waals surface area (Å²) in [5.41, 5.74) is 2.72. The molecule has 3 heteroatoms. The second-order valence-electron chi connectivity index (χ2n) is 3.92. The molecule has 0 aliphatic rings. The lowest BCUT2D eigenvalue weighted by Gasteiger charge is -2.05. The fraction of sp³-hybridized carbons (Fsp3) is 0.286. The number of anilines is 1. The number of aryl methyl sites for hydroxylation is 1. The van der Waals surface area contributed by atoms with Gasteiger partial charge in [-0.3, -0.25) is 0 Å². The summed E-state index contributed by atoms with van der Waals surface area (Å²) in [5.74, 6) is 0.692. The van der Waals surface area contributed by atoms with E-state index in [2.05, 4.69) is 46.5 Å². The molecule has 0 saturated carbocycles. The van der Waals surface area contributed by atoms with Crippen LogP contribution in [-0.2, 0) is 12.8 Å². The molecule has 0 aliphatic carbocycles. The Labute approximate surface area is 102 Å². The topological polar surface area (TPSA) is 37.8 Å². The molecule has 2 rings (SSSR count). The molecule has 0 aliphatic heterocycles. The van der Waals surface area contributed by atoms with Gasteiger partial charge in [-0.25, -0.2) is 9.97 Å². The van der Waals surface area contributed by atoms with Gasteiger partial charge < -0.3 is 5.32 Å². The summed E-state index contributed by atoms with van der Waals surface area (Å²) < 4.78 is 0. The van der Waals surface area contributed by atoms with E-state index in [1.54, 1.807) is 12.4 Å². The van der Waals surface area contributed by atoms with Crippen LogP contribution < -0.4 is 5.32 Å². The first-order valence-corrected chi connectivity index (χ1v) is 5.97. The predicted octanol–water partition coefficient (Wildman–Crippen LogP) is 2.69. The van der Waals surface area contributed by atoms with Crippen LogP contribution in [0.2, 0.25) is 0 Å². The molecule has 17 heavy (non-hydrogen) atoms. The molecule has 0 amide bonds. The second kappa shape index (κ2) is 5.99. The van der Waals surface area contributed by atoms with Crippen molar-refractivity contribution < 1.29 is 0 Å². The van der Waals surface area contributed by atoms with Gasteiger partial charge >= 0.3 is 0 Å². The van der Waals surface area contributed by atoms with Crippen molar-refractivity contribution in [3.63, 3.8) is 0 Å². The highest BCUT2D eigenvalue weighted by Crippen LogP contribution is 2.06. The van der Waals surface area contributed by atoms with Gasteiger partial charge in [0.1, 0.15) is 0 Å². The van der Waals surface area contributed by atoms with Crippen LogP contribution in [0.5, 0.6) is 0 Å². The van der Waals surface area contributed by atoms with Gasteiger partial charge in [0.15, 0.2) is 0 Å². The predicted molar refractivity (Wildman–Crippen MR) is 70.0 cm³/mol. The summed E-state index contributed by atoms with van der Waals surface area (Å²) in [4.78, 5) is 8.23.